The molecule has 1 saturated heterocycles. The van der Waals surface area contributed by atoms with Gasteiger partial charge in [0, 0.05) is 6.54 Å². The van der Waals surface area contributed by atoms with Gasteiger partial charge in [0.2, 0.25) is 11.8 Å². The fourth-order valence-electron chi connectivity index (χ4n) is 2.74. The first kappa shape index (κ1) is 11.4. The van der Waals surface area contributed by atoms with Gasteiger partial charge in [-0.05, 0) is 38.0 Å². The third-order valence-electron chi connectivity index (χ3n) is 4.12. The Morgan fingerprint density at radius 3 is 2.67 bits per heavy atom. The summed E-state index contributed by atoms with van der Waals surface area (Å²) in [4.78, 5) is 36.9. The van der Waals surface area contributed by atoms with Crippen LogP contribution in [0.3, 0.4) is 0 Å². The van der Waals surface area contributed by atoms with E-state index in [4.69, 9.17) is 0 Å². The van der Waals surface area contributed by atoms with Gasteiger partial charge in [0.1, 0.15) is 5.41 Å². The second-order valence-corrected chi connectivity index (χ2v) is 5.41. The molecule has 0 aromatic rings. The number of nitrogens with one attached hydrogen (secondary N) is 1. The van der Waals surface area contributed by atoms with Crippen molar-refractivity contribution in [1.82, 2.24) is 10.2 Å². The van der Waals surface area contributed by atoms with Crippen molar-refractivity contribution < 1.29 is 14.4 Å². The van der Waals surface area contributed by atoms with E-state index in [0.29, 0.717) is 25.3 Å². The molecule has 1 aliphatic heterocycles. The highest BCUT2D eigenvalue weighted by Crippen LogP contribution is 2.49. The average Bonchev–Trinajstić information content (AvgIpc) is 3.16. The van der Waals surface area contributed by atoms with Gasteiger partial charge in [-0.1, -0.05) is 12.2 Å². The van der Waals surface area contributed by atoms with Crippen molar-refractivity contribution in [3.05, 3.63) is 12.2 Å². The summed E-state index contributed by atoms with van der Waals surface area (Å²) in [6.07, 6.45) is 8.27. The van der Waals surface area contributed by atoms with Gasteiger partial charge in [-0.3, -0.25) is 19.8 Å². The Morgan fingerprint density at radius 2 is 2.06 bits per heavy atom. The van der Waals surface area contributed by atoms with E-state index >= 15 is 0 Å². The van der Waals surface area contributed by atoms with Crippen molar-refractivity contribution in [2.45, 2.75) is 32.1 Å². The highest BCUT2D eigenvalue weighted by atomic mass is 16.2. The Balaban J connectivity index is 1.74. The standard InChI is InChI=1S/C13H16N2O3/c16-10-13(6-7-13)11(17)15(12(18)14-10)8-9-4-2-1-3-5-9/h1-2,9H,3-8H2,(H,14,16,18). The summed E-state index contributed by atoms with van der Waals surface area (Å²) < 4.78 is 0. The van der Waals surface area contributed by atoms with Crippen LogP contribution in [0.2, 0.25) is 0 Å². The van der Waals surface area contributed by atoms with Crippen LogP contribution in [-0.2, 0) is 9.59 Å². The van der Waals surface area contributed by atoms with E-state index in [-0.39, 0.29) is 5.91 Å². The molecule has 96 valence electrons. The molecule has 2 fully saturated rings. The molecular formula is C13H16N2O3. The lowest BCUT2D eigenvalue weighted by Crippen LogP contribution is -2.60. The van der Waals surface area contributed by atoms with Crippen LogP contribution in [0.1, 0.15) is 32.1 Å². The molecule has 5 nitrogen and oxygen atoms in total. The molecule has 0 aromatic carbocycles. The Labute approximate surface area is 105 Å². The molecule has 2 aliphatic carbocycles. The second-order valence-electron chi connectivity index (χ2n) is 5.41. The quantitative estimate of drug-likeness (QED) is 0.590. The molecule has 1 atom stereocenters. The Kier molecular flexibility index (Phi) is 2.50. The van der Waals surface area contributed by atoms with Crippen LogP contribution in [-0.4, -0.2) is 29.3 Å². The van der Waals surface area contributed by atoms with Crippen LogP contribution >= 0.6 is 0 Å². The lowest BCUT2D eigenvalue weighted by atomic mass is 9.92. The molecule has 0 aromatic heterocycles. The molecule has 1 heterocycles. The van der Waals surface area contributed by atoms with E-state index in [1.807, 2.05) is 0 Å². The maximum atomic E-state index is 12.2. The van der Waals surface area contributed by atoms with Crippen LogP contribution in [0.5, 0.6) is 0 Å². The van der Waals surface area contributed by atoms with Crippen molar-refractivity contribution in [3.8, 4) is 0 Å². The number of urea groups is 1. The van der Waals surface area contributed by atoms with Crippen molar-refractivity contribution >= 4 is 17.8 Å². The number of allylic oxidation sites excluding steroid dienone is 2. The largest absolute Gasteiger partial charge is 0.330 e. The summed E-state index contributed by atoms with van der Waals surface area (Å²) in [5.74, 6) is -0.364. The number of barbiturate groups is 1. The van der Waals surface area contributed by atoms with E-state index in [9.17, 15) is 14.4 Å². The van der Waals surface area contributed by atoms with E-state index in [0.717, 1.165) is 19.3 Å². The van der Waals surface area contributed by atoms with Gasteiger partial charge >= 0.3 is 6.03 Å². The van der Waals surface area contributed by atoms with Crippen LogP contribution in [0.25, 0.3) is 0 Å². The fourth-order valence-corrected chi connectivity index (χ4v) is 2.74. The number of nitrogens with zero attached hydrogens (tertiary/aromatic N) is 1. The number of carbonyl (C=O) groups excluding carboxylic acids is 3. The highest BCUT2D eigenvalue weighted by Gasteiger charge is 2.62. The molecular weight excluding hydrogens is 232 g/mol. The van der Waals surface area contributed by atoms with Crippen molar-refractivity contribution in [3.63, 3.8) is 0 Å². The Hall–Kier alpha value is -1.65. The number of hydrogen-bond acceptors (Lipinski definition) is 3. The summed E-state index contributed by atoms with van der Waals surface area (Å²) in [5, 5.41) is 2.31. The van der Waals surface area contributed by atoms with E-state index < -0.39 is 17.4 Å². The van der Waals surface area contributed by atoms with Crippen molar-refractivity contribution in [2.24, 2.45) is 11.3 Å². The SMILES string of the molecule is O=C1NC(=O)C2(CC2)C(=O)N1CC1CC=CCC1. The molecule has 4 amide bonds. The van der Waals surface area contributed by atoms with Crippen LogP contribution in [0, 0.1) is 11.3 Å². The smallest absolute Gasteiger partial charge is 0.277 e. The summed E-state index contributed by atoms with van der Waals surface area (Å²) in [7, 11) is 0. The molecule has 0 radical (unpaired) electrons. The first-order valence-corrected chi connectivity index (χ1v) is 6.46. The maximum Gasteiger partial charge on any atom is 0.330 e. The number of carbonyl (C=O) groups is 3. The predicted octanol–water partition coefficient (Wildman–Crippen LogP) is 1.20. The van der Waals surface area contributed by atoms with Gasteiger partial charge in [-0.15, -0.1) is 0 Å². The molecule has 1 unspecified atom stereocenters. The lowest BCUT2D eigenvalue weighted by molar-refractivity contribution is -0.145. The van der Waals surface area contributed by atoms with Gasteiger partial charge < -0.3 is 0 Å². The molecule has 3 rings (SSSR count). The molecule has 1 N–H and O–H groups in total. The van der Waals surface area contributed by atoms with Gasteiger partial charge in [-0.25, -0.2) is 4.79 Å². The minimum atomic E-state index is -0.904. The summed E-state index contributed by atoms with van der Waals surface area (Å²) in [6.45, 7) is 0.435. The minimum absolute atomic E-state index is 0.286. The van der Waals surface area contributed by atoms with Crippen LogP contribution in [0.15, 0.2) is 12.2 Å². The van der Waals surface area contributed by atoms with E-state index in [2.05, 4.69) is 17.5 Å². The summed E-state index contributed by atoms with van der Waals surface area (Å²) in [5.41, 5.74) is -0.904. The number of amides is 4. The zero-order valence-electron chi connectivity index (χ0n) is 10.1. The number of imide groups is 2. The zero-order valence-corrected chi connectivity index (χ0v) is 10.1. The fraction of sp³-hybridized carbons (Fsp3) is 0.615. The highest BCUT2D eigenvalue weighted by molar-refractivity contribution is 6.20. The number of hydrogen-bond donors (Lipinski definition) is 1. The average molecular weight is 248 g/mol. The topological polar surface area (TPSA) is 66.5 Å². The van der Waals surface area contributed by atoms with Gasteiger partial charge in [0.05, 0.1) is 0 Å². The van der Waals surface area contributed by atoms with E-state index in [1.54, 1.807) is 0 Å². The number of rotatable bonds is 2. The molecule has 1 spiro atoms. The maximum absolute atomic E-state index is 12.2. The third kappa shape index (κ3) is 1.65. The van der Waals surface area contributed by atoms with Crippen molar-refractivity contribution in [1.29, 1.82) is 0 Å². The van der Waals surface area contributed by atoms with E-state index in [1.165, 1.54) is 4.90 Å². The Morgan fingerprint density at radius 1 is 1.28 bits per heavy atom. The van der Waals surface area contributed by atoms with Gasteiger partial charge in [-0.2, -0.15) is 0 Å². The molecule has 1 saturated carbocycles. The monoisotopic (exact) mass is 248 g/mol. The van der Waals surface area contributed by atoms with Crippen molar-refractivity contribution in [2.75, 3.05) is 6.54 Å². The Bertz CT molecular complexity index is 451. The van der Waals surface area contributed by atoms with Crippen LogP contribution < -0.4 is 5.32 Å². The van der Waals surface area contributed by atoms with Crippen LogP contribution in [0.4, 0.5) is 4.79 Å². The first-order chi connectivity index (χ1) is 8.63. The van der Waals surface area contributed by atoms with Gasteiger partial charge in [0.25, 0.3) is 0 Å². The predicted molar refractivity (Wildman–Crippen MR) is 63.4 cm³/mol. The molecule has 18 heavy (non-hydrogen) atoms. The minimum Gasteiger partial charge on any atom is -0.277 e. The summed E-state index contributed by atoms with van der Waals surface area (Å²) >= 11 is 0. The van der Waals surface area contributed by atoms with Gasteiger partial charge in [0.15, 0.2) is 0 Å². The summed E-state index contributed by atoms with van der Waals surface area (Å²) in [6, 6.07) is -0.544. The third-order valence-corrected chi connectivity index (χ3v) is 4.12. The second kappa shape index (κ2) is 3.93. The first-order valence-electron chi connectivity index (χ1n) is 6.46. The zero-order chi connectivity index (χ0) is 12.8. The molecule has 3 aliphatic rings. The molecule has 5 heteroatoms. The lowest BCUT2D eigenvalue weighted by Gasteiger charge is -2.33. The molecule has 0 bridgehead atoms. The normalized spacial score (nSPS) is 29.7.